The molecule has 1 unspecified atom stereocenters. The zero-order valence-electron chi connectivity index (χ0n) is 17.6. The number of nitrogens with zero attached hydrogens (tertiary/aromatic N) is 3. The first-order valence-corrected chi connectivity index (χ1v) is 10.6. The van der Waals surface area contributed by atoms with Crippen LogP contribution in [0.3, 0.4) is 0 Å². The highest BCUT2D eigenvalue weighted by Crippen LogP contribution is 2.39. The van der Waals surface area contributed by atoms with Gasteiger partial charge in [-0.25, -0.2) is 9.18 Å². The molecule has 2 heterocycles. The number of piperazine rings is 1. The third-order valence-corrected chi connectivity index (χ3v) is 5.96. The largest absolute Gasteiger partial charge is 0.511 e. The van der Waals surface area contributed by atoms with Crippen molar-refractivity contribution in [2.75, 3.05) is 24.5 Å². The van der Waals surface area contributed by atoms with Gasteiger partial charge >= 0.3 is 6.16 Å². The Bertz CT molecular complexity index is 1090. The van der Waals surface area contributed by atoms with Crippen molar-refractivity contribution < 1.29 is 23.8 Å². The van der Waals surface area contributed by atoms with E-state index < -0.39 is 17.4 Å². The third kappa shape index (κ3) is 4.08. The number of ether oxygens (including phenoxy) is 1. The number of fused-ring (bicyclic) bond motifs is 1. The van der Waals surface area contributed by atoms with E-state index >= 15 is 4.39 Å². The maximum atomic E-state index is 15.1. The predicted molar refractivity (Wildman–Crippen MR) is 113 cm³/mol. The molecule has 1 saturated carbocycles. The monoisotopic (exact) mass is 431 g/mol. The van der Waals surface area contributed by atoms with E-state index in [2.05, 4.69) is 4.74 Å². The van der Waals surface area contributed by atoms with E-state index in [4.69, 9.17) is 5.11 Å². The molecule has 1 aromatic heterocycles. The Hall–Kier alpha value is -3.10. The highest BCUT2D eigenvalue weighted by molar-refractivity contribution is 5.85. The Morgan fingerprint density at radius 2 is 2.00 bits per heavy atom. The molecule has 4 rings (SSSR count). The predicted octanol–water partition coefficient (Wildman–Crippen LogP) is 3.37. The lowest BCUT2D eigenvalue weighted by atomic mass is 10.1. The molecular formula is C22H26FN3O5. The van der Waals surface area contributed by atoms with Crippen molar-refractivity contribution >= 4 is 28.7 Å². The molecule has 31 heavy (non-hydrogen) atoms. The average molecular weight is 431 g/mol. The maximum absolute atomic E-state index is 15.1. The molecule has 166 valence electrons. The first kappa shape index (κ1) is 21.1. The average Bonchev–Trinajstić information content (AvgIpc) is 3.55. The van der Waals surface area contributed by atoms with Gasteiger partial charge in [0.05, 0.1) is 22.8 Å². The van der Waals surface area contributed by atoms with Crippen LogP contribution in [0.2, 0.25) is 0 Å². The highest BCUT2D eigenvalue weighted by atomic mass is 19.1. The minimum atomic E-state index is -1.58. The number of hydrogen-bond donors (Lipinski definition) is 1. The Balaban J connectivity index is 1.71. The number of pyridine rings is 1. The molecule has 0 radical (unpaired) electrons. The van der Waals surface area contributed by atoms with E-state index in [1.807, 2.05) is 28.2 Å². The molecule has 1 aromatic carbocycles. The first-order valence-electron chi connectivity index (χ1n) is 10.6. The smallest absolute Gasteiger partial charge is 0.449 e. The van der Waals surface area contributed by atoms with Crippen molar-refractivity contribution in [2.24, 2.45) is 0 Å². The van der Waals surface area contributed by atoms with Crippen LogP contribution in [0.5, 0.6) is 5.75 Å². The minimum Gasteiger partial charge on any atom is -0.449 e. The standard InChI is InChI=1S/C22H26FN3O5/c1-3-4-20(27)25-8-7-24(11-13(25)2)18-10-17-15(9-16(18)23)21(28)19(31-22(29)30)12-26(17)14-5-6-14/h9-10,12-14H,3-8,11H2,1-2H3,(H,29,30). The molecule has 8 nitrogen and oxygen atoms in total. The van der Waals surface area contributed by atoms with E-state index in [9.17, 15) is 14.4 Å². The van der Waals surface area contributed by atoms with Gasteiger partial charge in [0.2, 0.25) is 11.3 Å². The number of aromatic nitrogens is 1. The van der Waals surface area contributed by atoms with Crippen LogP contribution in [-0.4, -0.2) is 52.3 Å². The van der Waals surface area contributed by atoms with Gasteiger partial charge in [-0.3, -0.25) is 9.59 Å². The second-order valence-corrected chi connectivity index (χ2v) is 8.28. The summed E-state index contributed by atoms with van der Waals surface area (Å²) in [6.07, 6.45) is 2.90. The molecule has 0 spiro atoms. The Morgan fingerprint density at radius 3 is 2.61 bits per heavy atom. The summed E-state index contributed by atoms with van der Waals surface area (Å²) in [5.41, 5.74) is 0.282. The van der Waals surface area contributed by atoms with Crippen LogP contribution in [0.1, 0.15) is 45.6 Å². The summed E-state index contributed by atoms with van der Waals surface area (Å²) in [6, 6.07) is 2.89. The third-order valence-electron chi connectivity index (χ3n) is 5.96. The number of amides is 1. The lowest BCUT2D eigenvalue weighted by Gasteiger charge is -2.41. The number of hydrogen-bond acceptors (Lipinski definition) is 5. The number of carboxylic acid groups (broad SMARTS) is 1. The first-order chi connectivity index (χ1) is 14.8. The van der Waals surface area contributed by atoms with Crippen LogP contribution in [0.4, 0.5) is 14.9 Å². The van der Waals surface area contributed by atoms with E-state index in [1.165, 1.54) is 12.3 Å². The minimum absolute atomic E-state index is 0.0557. The SMILES string of the molecule is CCCC(=O)N1CCN(c2cc3c(cc2F)c(=O)c(OC(=O)O)cn3C2CC2)CC1C. The number of carbonyl (C=O) groups excluding carboxylic acids is 1. The van der Waals surface area contributed by atoms with Crippen molar-refractivity contribution in [3.05, 3.63) is 34.4 Å². The maximum Gasteiger partial charge on any atom is 0.511 e. The van der Waals surface area contributed by atoms with Crippen molar-refractivity contribution in [2.45, 2.75) is 51.6 Å². The molecule has 0 bridgehead atoms. The Morgan fingerprint density at radius 1 is 1.26 bits per heavy atom. The van der Waals surface area contributed by atoms with Gasteiger partial charge in [-0.05, 0) is 38.3 Å². The summed E-state index contributed by atoms with van der Waals surface area (Å²) in [7, 11) is 0. The van der Waals surface area contributed by atoms with Crippen LogP contribution in [-0.2, 0) is 4.79 Å². The molecule has 1 atom stereocenters. The van der Waals surface area contributed by atoms with Crippen molar-refractivity contribution in [3.63, 3.8) is 0 Å². The van der Waals surface area contributed by atoms with E-state index in [1.54, 1.807) is 6.07 Å². The molecule has 1 aliphatic heterocycles. The molecular weight excluding hydrogens is 405 g/mol. The summed E-state index contributed by atoms with van der Waals surface area (Å²) >= 11 is 0. The second-order valence-electron chi connectivity index (χ2n) is 8.28. The summed E-state index contributed by atoms with van der Waals surface area (Å²) < 4.78 is 21.5. The van der Waals surface area contributed by atoms with Crippen LogP contribution < -0.4 is 15.1 Å². The number of anilines is 1. The van der Waals surface area contributed by atoms with Crippen LogP contribution in [0.25, 0.3) is 10.9 Å². The van der Waals surface area contributed by atoms with Crippen LogP contribution in [0, 0.1) is 5.82 Å². The molecule has 1 N–H and O–H groups in total. The molecule has 2 aromatic rings. The number of rotatable bonds is 5. The molecule has 2 fully saturated rings. The zero-order valence-corrected chi connectivity index (χ0v) is 17.6. The molecule has 1 aliphatic carbocycles. The van der Waals surface area contributed by atoms with Crippen molar-refractivity contribution in [1.82, 2.24) is 9.47 Å². The topological polar surface area (TPSA) is 92.1 Å². The molecule has 1 amide bonds. The van der Waals surface area contributed by atoms with Gasteiger partial charge < -0.3 is 24.2 Å². The van der Waals surface area contributed by atoms with Crippen LogP contribution >= 0.6 is 0 Å². The lowest BCUT2D eigenvalue weighted by molar-refractivity contribution is -0.133. The second kappa shape index (κ2) is 8.20. The number of carbonyl (C=O) groups is 2. The number of halogens is 1. The van der Waals surface area contributed by atoms with Gasteiger partial charge in [0, 0.05) is 38.1 Å². The molecule has 2 aliphatic rings. The lowest BCUT2D eigenvalue weighted by Crippen LogP contribution is -2.54. The molecule has 9 heteroatoms. The van der Waals surface area contributed by atoms with E-state index in [0.29, 0.717) is 37.3 Å². The highest BCUT2D eigenvalue weighted by Gasteiger charge is 2.30. The summed E-state index contributed by atoms with van der Waals surface area (Å²) in [5.74, 6) is -0.766. The fourth-order valence-electron chi connectivity index (χ4n) is 4.30. The molecule has 1 saturated heterocycles. The number of benzene rings is 1. The van der Waals surface area contributed by atoms with Gasteiger partial charge in [0.25, 0.3) is 0 Å². The quantitative estimate of drug-likeness (QED) is 0.730. The van der Waals surface area contributed by atoms with Gasteiger partial charge in [-0.15, -0.1) is 0 Å². The van der Waals surface area contributed by atoms with Crippen LogP contribution in [0.15, 0.2) is 23.1 Å². The summed E-state index contributed by atoms with van der Waals surface area (Å²) in [4.78, 5) is 39.7. The van der Waals surface area contributed by atoms with E-state index in [-0.39, 0.29) is 29.1 Å². The fraction of sp³-hybridized carbons (Fsp3) is 0.500. The normalized spacial score (nSPS) is 19.0. The van der Waals surface area contributed by atoms with Crippen molar-refractivity contribution in [3.8, 4) is 5.75 Å². The van der Waals surface area contributed by atoms with Gasteiger partial charge in [0.1, 0.15) is 5.82 Å². The van der Waals surface area contributed by atoms with E-state index in [0.717, 1.165) is 19.3 Å². The zero-order chi connectivity index (χ0) is 22.3. The fourth-order valence-corrected chi connectivity index (χ4v) is 4.30. The summed E-state index contributed by atoms with van der Waals surface area (Å²) in [6.45, 7) is 5.42. The summed E-state index contributed by atoms with van der Waals surface area (Å²) in [5, 5.41) is 9.01. The van der Waals surface area contributed by atoms with Crippen molar-refractivity contribution in [1.29, 1.82) is 0 Å². The van der Waals surface area contributed by atoms with Gasteiger partial charge in [0.15, 0.2) is 5.75 Å². The Kier molecular flexibility index (Phi) is 5.60. The van der Waals surface area contributed by atoms with Gasteiger partial charge in [-0.2, -0.15) is 0 Å². The van der Waals surface area contributed by atoms with Gasteiger partial charge in [-0.1, -0.05) is 6.92 Å². The Labute approximate surface area is 178 Å².